The molecule has 0 aliphatic carbocycles. The number of fused-ring (bicyclic) bond motifs is 1. The predicted molar refractivity (Wildman–Crippen MR) is 155 cm³/mol. The highest BCUT2D eigenvalue weighted by Crippen LogP contribution is 2.28. The number of nitrogens with one attached hydrogen (secondary N) is 2. The molecule has 11 heteroatoms. The Labute approximate surface area is 238 Å². The van der Waals surface area contributed by atoms with Crippen molar-refractivity contribution in [2.24, 2.45) is 0 Å². The van der Waals surface area contributed by atoms with Crippen LogP contribution in [-0.4, -0.2) is 49.8 Å². The lowest BCUT2D eigenvalue weighted by Gasteiger charge is -2.29. The smallest absolute Gasteiger partial charge is 0.245 e. The Morgan fingerprint density at radius 2 is 1.83 bits per heavy atom. The maximum absolute atomic E-state index is 13.9. The van der Waals surface area contributed by atoms with Gasteiger partial charge >= 0.3 is 0 Å². The molecule has 5 rings (SSSR count). The number of nitrogens with two attached hydrogens (primary N) is 1. The summed E-state index contributed by atoms with van der Waals surface area (Å²) >= 11 is 0. The van der Waals surface area contributed by atoms with Gasteiger partial charge in [-0.3, -0.25) is 9.59 Å². The molecule has 41 heavy (non-hydrogen) atoms. The zero-order valence-electron chi connectivity index (χ0n) is 22.5. The van der Waals surface area contributed by atoms with Gasteiger partial charge in [-0.15, -0.1) is 0 Å². The molecule has 4 N–H and O–H groups in total. The fourth-order valence-corrected chi connectivity index (χ4v) is 6.45. The van der Waals surface area contributed by atoms with E-state index in [0.717, 1.165) is 16.3 Å². The van der Waals surface area contributed by atoms with Crippen LogP contribution < -0.4 is 20.5 Å². The number of sulfonamides is 1. The largest absolute Gasteiger partial charge is 0.495 e. The Morgan fingerprint density at radius 1 is 1.07 bits per heavy atom. The van der Waals surface area contributed by atoms with Gasteiger partial charge in [-0.05, 0) is 53.6 Å². The summed E-state index contributed by atoms with van der Waals surface area (Å²) in [6, 6.07) is 20.4. The van der Waals surface area contributed by atoms with Crippen molar-refractivity contribution >= 4 is 38.4 Å². The fourth-order valence-electron chi connectivity index (χ4n) is 5.10. The number of methoxy groups -OCH3 is 1. The van der Waals surface area contributed by atoms with Crippen molar-refractivity contribution in [2.75, 3.05) is 19.4 Å². The molecular weight excluding hydrogens is 542 g/mol. The normalized spacial score (nSPS) is 15.9. The van der Waals surface area contributed by atoms with E-state index in [0.29, 0.717) is 30.8 Å². The second kappa shape index (κ2) is 11.9. The van der Waals surface area contributed by atoms with Crippen LogP contribution in [0.25, 0.3) is 10.8 Å². The molecule has 212 valence electrons. The number of carbonyl (C=O) groups excluding carboxylic acids is 2. The van der Waals surface area contributed by atoms with Gasteiger partial charge in [0, 0.05) is 24.7 Å². The molecule has 0 bridgehead atoms. The SMILES string of the molecule is COc1ccccc1S(=O)(=O)N[C@@H](C(=O)N1CCC[C@H]1C(=O)NCc1ccc2c(N)nccc2c1)c1ccccc1. The zero-order chi connectivity index (χ0) is 29.0. The molecule has 3 aromatic carbocycles. The minimum atomic E-state index is -4.17. The molecular formula is C30H31N5O5S. The van der Waals surface area contributed by atoms with E-state index in [4.69, 9.17) is 10.5 Å². The van der Waals surface area contributed by atoms with E-state index >= 15 is 0 Å². The molecule has 1 aromatic heterocycles. The summed E-state index contributed by atoms with van der Waals surface area (Å²) in [4.78, 5) is 32.7. The van der Waals surface area contributed by atoms with Gasteiger partial charge in [0.2, 0.25) is 21.8 Å². The molecule has 0 spiro atoms. The molecule has 2 atom stereocenters. The zero-order valence-corrected chi connectivity index (χ0v) is 23.3. The third-order valence-electron chi connectivity index (χ3n) is 7.18. The molecule has 2 heterocycles. The minimum absolute atomic E-state index is 0.0835. The highest BCUT2D eigenvalue weighted by molar-refractivity contribution is 7.89. The van der Waals surface area contributed by atoms with Gasteiger partial charge in [-0.1, -0.05) is 54.6 Å². The van der Waals surface area contributed by atoms with Crippen molar-refractivity contribution in [2.45, 2.75) is 36.4 Å². The molecule has 0 radical (unpaired) electrons. The Balaban J connectivity index is 1.35. The molecule has 0 saturated carbocycles. The number of likely N-dealkylation sites (tertiary alicyclic amines) is 1. The van der Waals surface area contributed by atoms with E-state index in [1.807, 2.05) is 24.3 Å². The summed E-state index contributed by atoms with van der Waals surface area (Å²) in [6.07, 6.45) is 2.72. The Hall–Kier alpha value is -4.48. The van der Waals surface area contributed by atoms with E-state index in [-0.39, 0.29) is 23.1 Å². The number of hydrogen-bond donors (Lipinski definition) is 3. The fraction of sp³-hybridized carbons (Fsp3) is 0.233. The quantitative estimate of drug-likeness (QED) is 0.279. The number of hydrogen-bond acceptors (Lipinski definition) is 7. The van der Waals surface area contributed by atoms with E-state index in [2.05, 4.69) is 15.0 Å². The van der Waals surface area contributed by atoms with Crippen molar-refractivity contribution in [1.29, 1.82) is 0 Å². The Bertz CT molecular complexity index is 1680. The lowest BCUT2D eigenvalue weighted by molar-refractivity contribution is -0.139. The van der Waals surface area contributed by atoms with Crippen molar-refractivity contribution < 1.29 is 22.7 Å². The number of amides is 2. The number of rotatable bonds is 9. The number of carbonyl (C=O) groups is 2. The Morgan fingerprint density at radius 3 is 2.61 bits per heavy atom. The monoisotopic (exact) mass is 573 g/mol. The maximum Gasteiger partial charge on any atom is 0.245 e. The summed E-state index contributed by atoms with van der Waals surface area (Å²) in [5, 5.41) is 4.68. The van der Waals surface area contributed by atoms with Gasteiger partial charge in [-0.2, -0.15) is 4.72 Å². The van der Waals surface area contributed by atoms with Crippen LogP contribution in [0.3, 0.4) is 0 Å². The summed E-state index contributed by atoms with van der Waals surface area (Å²) in [5.41, 5.74) is 7.28. The van der Waals surface area contributed by atoms with Crippen LogP contribution in [0.1, 0.15) is 30.0 Å². The molecule has 0 unspecified atom stereocenters. The Kier molecular flexibility index (Phi) is 8.18. The van der Waals surface area contributed by atoms with Crippen molar-refractivity contribution in [3.63, 3.8) is 0 Å². The first-order valence-corrected chi connectivity index (χ1v) is 14.7. The van der Waals surface area contributed by atoms with Crippen LogP contribution in [0.15, 0.2) is 90.0 Å². The van der Waals surface area contributed by atoms with E-state index in [1.165, 1.54) is 24.1 Å². The first-order chi connectivity index (χ1) is 19.8. The lowest BCUT2D eigenvalue weighted by atomic mass is 10.1. The highest BCUT2D eigenvalue weighted by Gasteiger charge is 2.39. The van der Waals surface area contributed by atoms with Crippen LogP contribution >= 0.6 is 0 Å². The van der Waals surface area contributed by atoms with Crippen LogP contribution in [-0.2, 0) is 26.2 Å². The number of aromatic nitrogens is 1. The maximum atomic E-state index is 13.9. The van der Waals surface area contributed by atoms with Gasteiger partial charge < -0.3 is 20.7 Å². The molecule has 1 aliphatic heterocycles. The lowest BCUT2D eigenvalue weighted by Crippen LogP contribution is -2.50. The number of anilines is 1. The molecule has 10 nitrogen and oxygen atoms in total. The number of ether oxygens (including phenoxy) is 1. The standard InChI is InChI=1S/C30H31N5O5S/c1-40-25-11-5-6-12-26(25)41(38,39)34-27(21-8-3-2-4-9-21)30(37)35-17-7-10-24(35)29(36)33-19-20-13-14-23-22(18-20)15-16-32-28(23)31/h2-6,8-9,11-16,18,24,27,34H,7,10,17,19H2,1H3,(H2,31,32)(H,33,36)/t24-,27+/m0/s1. The van der Waals surface area contributed by atoms with Crippen LogP contribution in [0.5, 0.6) is 5.75 Å². The highest BCUT2D eigenvalue weighted by atomic mass is 32.2. The first-order valence-electron chi connectivity index (χ1n) is 13.2. The van der Waals surface area contributed by atoms with Crippen molar-refractivity contribution in [3.8, 4) is 5.75 Å². The number of para-hydroxylation sites is 1. The summed E-state index contributed by atoms with van der Waals surface area (Å²) < 4.78 is 34.7. The van der Waals surface area contributed by atoms with E-state index in [1.54, 1.807) is 48.7 Å². The van der Waals surface area contributed by atoms with Gasteiger partial charge in [0.05, 0.1) is 7.11 Å². The van der Waals surface area contributed by atoms with Gasteiger partial charge in [0.15, 0.2) is 0 Å². The second-order valence-corrected chi connectivity index (χ2v) is 11.5. The van der Waals surface area contributed by atoms with E-state index in [9.17, 15) is 18.0 Å². The minimum Gasteiger partial charge on any atom is -0.495 e. The van der Waals surface area contributed by atoms with Gasteiger partial charge in [-0.25, -0.2) is 13.4 Å². The second-order valence-electron chi connectivity index (χ2n) is 9.77. The van der Waals surface area contributed by atoms with Crippen LogP contribution in [0, 0.1) is 0 Å². The molecule has 1 aliphatic rings. The molecule has 1 saturated heterocycles. The first kappa shape index (κ1) is 28.1. The number of pyridine rings is 1. The van der Waals surface area contributed by atoms with Crippen molar-refractivity contribution in [1.82, 2.24) is 19.9 Å². The van der Waals surface area contributed by atoms with E-state index < -0.39 is 28.0 Å². The number of benzene rings is 3. The summed E-state index contributed by atoms with van der Waals surface area (Å²) in [7, 11) is -2.79. The molecule has 2 amide bonds. The average molecular weight is 574 g/mol. The summed E-state index contributed by atoms with van der Waals surface area (Å²) in [5.74, 6) is -0.205. The average Bonchev–Trinajstić information content (AvgIpc) is 3.49. The predicted octanol–water partition coefficient (Wildman–Crippen LogP) is 3.15. The van der Waals surface area contributed by atoms with Crippen molar-refractivity contribution in [3.05, 3.63) is 96.2 Å². The van der Waals surface area contributed by atoms with Gasteiger partial charge in [0.1, 0.15) is 28.5 Å². The number of nitrogens with zero attached hydrogens (tertiary/aromatic N) is 2. The molecule has 4 aromatic rings. The van der Waals surface area contributed by atoms with Gasteiger partial charge in [0.25, 0.3) is 0 Å². The molecule has 1 fully saturated rings. The summed E-state index contributed by atoms with van der Waals surface area (Å²) in [6.45, 7) is 0.594. The van der Waals surface area contributed by atoms with Crippen LogP contribution in [0.2, 0.25) is 0 Å². The third-order valence-corrected chi connectivity index (χ3v) is 8.64. The van der Waals surface area contributed by atoms with Crippen LogP contribution in [0.4, 0.5) is 5.82 Å². The number of nitrogen functional groups attached to an aromatic ring is 1. The third kappa shape index (κ3) is 6.01. The topological polar surface area (TPSA) is 144 Å².